The molecule has 0 spiro atoms. The van der Waals surface area contributed by atoms with Gasteiger partial charge in [0.05, 0.1) is 11.2 Å². The van der Waals surface area contributed by atoms with E-state index in [2.05, 4.69) is 0 Å². The zero-order valence-corrected chi connectivity index (χ0v) is 11.3. The summed E-state index contributed by atoms with van der Waals surface area (Å²) in [5.74, 6) is -0.492. The first-order valence-corrected chi connectivity index (χ1v) is 6.36. The van der Waals surface area contributed by atoms with E-state index in [0.29, 0.717) is 32.9 Å². The number of hydrogen-bond acceptors (Lipinski definition) is 3. The largest absolute Gasteiger partial charge is 0.424 e. The number of fused-ring (bicyclic) bond motifs is 1. The standard InChI is InChI=1S/C15H10ClNO3/c1-9-10(8-18)2-7-13-14(9)20-15(19)17(13)12-5-3-11(16)4-6-12/h2-8H,1H3. The Labute approximate surface area is 119 Å². The van der Waals surface area contributed by atoms with Crippen LogP contribution in [0, 0.1) is 6.92 Å². The minimum Gasteiger partial charge on any atom is -0.407 e. The third-order valence-corrected chi connectivity index (χ3v) is 3.50. The normalized spacial score (nSPS) is 10.9. The molecule has 3 rings (SSSR count). The van der Waals surface area contributed by atoms with Gasteiger partial charge in [-0.15, -0.1) is 0 Å². The molecule has 0 saturated carbocycles. The summed E-state index contributed by atoms with van der Waals surface area (Å²) in [6.45, 7) is 1.75. The molecule has 0 saturated heterocycles. The van der Waals surface area contributed by atoms with Crippen LogP contribution in [-0.2, 0) is 0 Å². The van der Waals surface area contributed by atoms with E-state index in [4.69, 9.17) is 16.0 Å². The lowest BCUT2D eigenvalue weighted by molar-refractivity contribution is 0.112. The van der Waals surface area contributed by atoms with Crippen molar-refractivity contribution < 1.29 is 9.21 Å². The first-order valence-electron chi connectivity index (χ1n) is 5.98. The highest BCUT2D eigenvalue weighted by Gasteiger charge is 2.14. The smallest absolute Gasteiger partial charge is 0.407 e. The summed E-state index contributed by atoms with van der Waals surface area (Å²) in [7, 11) is 0. The number of carbonyl (C=O) groups is 1. The topological polar surface area (TPSA) is 52.2 Å². The van der Waals surface area contributed by atoms with E-state index in [-0.39, 0.29) is 0 Å². The molecule has 0 aliphatic carbocycles. The second-order valence-electron chi connectivity index (χ2n) is 4.43. The SMILES string of the molecule is Cc1c(C=O)ccc2c1oc(=O)n2-c1ccc(Cl)cc1. The molecule has 20 heavy (non-hydrogen) atoms. The highest BCUT2D eigenvalue weighted by molar-refractivity contribution is 6.30. The van der Waals surface area contributed by atoms with Crippen molar-refractivity contribution in [3.05, 3.63) is 63.1 Å². The summed E-state index contributed by atoms with van der Waals surface area (Å²) in [5, 5.41) is 0.592. The quantitative estimate of drug-likeness (QED) is 0.679. The number of halogens is 1. The van der Waals surface area contributed by atoms with E-state index in [1.165, 1.54) is 4.57 Å². The van der Waals surface area contributed by atoms with Crippen LogP contribution in [0.1, 0.15) is 15.9 Å². The van der Waals surface area contributed by atoms with Crippen molar-refractivity contribution in [3.63, 3.8) is 0 Å². The molecule has 4 nitrogen and oxygen atoms in total. The van der Waals surface area contributed by atoms with Crippen molar-refractivity contribution in [2.24, 2.45) is 0 Å². The van der Waals surface area contributed by atoms with Crippen LogP contribution in [0.25, 0.3) is 16.8 Å². The maximum absolute atomic E-state index is 12.1. The molecule has 0 unspecified atom stereocenters. The second-order valence-corrected chi connectivity index (χ2v) is 4.86. The zero-order valence-electron chi connectivity index (χ0n) is 10.6. The Morgan fingerprint density at radius 1 is 1.15 bits per heavy atom. The molecule has 100 valence electrons. The van der Waals surface area contributed by atoms with Gasteiger partial charge in [0.15, 0.2) is 5.58 Å². The van der Waals surface area contributed by atoms with Crippen LogP contribution in [0.4, 0.5) is 0 Å². The van der Waals surface area contributed by atoms with Gasteiger partial charge < -0.3 is 4.42 Å². The van der Waals surface area contributed by atoms with Crippen molar-refractivity contribution >= 4 is 29.0 Å². The van der Waals surface area contributed by atoms with Crippen molar-refractivity contribution in [1.82, 2.24) is 4.57 Å². The molecule has 0 radical (unpaired) electrons. The molecule has 0 amide bonds. The molecule has 0 bridgehead atoms. The van der Waals surface area contributed by atoms with Gasteiger partial charge in [-0.05, 0) is 43.3 Å². The third-order valence-electron chi connectivity index (χ3n) is 3.25. The highest BCUT2D eigenvalue weighted by Crippen LogP contribution is 2.23. The number of carbonyl (C=O) groups excluding carboxylic acids is 1. The number of aryl methyl sites for hydroxylation is 1. The van der Waals surface area contributed by atoms with Crippen molar-refractivity contribution in [3.8, 4) is 5.69 Å². The molecule has 0 N–H and O–H groups in total. The van der Waals surface area contributed by atoms with Crippen LogP contribution in [0.15, 0.2) is 45.6 Å². The molecule has 0 fully saturated rings. The van der Waals surface area contributed by atoms with E-state index in [1.807, 2.05) is 0 Å². The Morgan fingerprint density at radius 2 is 1.85 bits per heavy atom. The predicted octanol–water partition coefficient (Wildman–Crippen LogP) is 3.36. The molecule has 1 aromatic heterocycles. The first kappa shape index (κ1) is 12.7. The maximum atomic E-state index is 12.1. The summed E-state index contributed by atoms with van der Waals surface area (Å²) in [6, 6.07) is 10.3. The molecule has 5 heteroatoms. The third kappa shape index (κ3) is 1.85. The molecule has 1 heterocycles. The number of rotatable bonds is 2. The van der Waals surface area contributed by atoms with Crippen molar-refractivity contribution in [2.75, 3.05) is 0 Å². The Bertz CT molecular complexity index is 859. The van der Waals surface area contributed by atoms with Gasteiger partial charge in [0.25, 0.3) is 0 Å². The molecule has 2 aromatic carbocycles. The Kier molecular flexibility index (Phi) is 2.95. The predicted molar refractivity (Wildman–Crippen MR) is 76.9 cm³/mol. The lowest BCUT2D eigenvalue weighted by Gasteiger charge is -2.03. The van der Waals surface area contributed by atoms with Gasteiger partial charge in [0.1, 0.15) is 6.29 Å². The lowest BCUT2D eigenvalue weighted by atomic mass is 10.1. The zero-order chi connectivity index (χ0) is 14.3. The van der Waals surface area contributed by atoms with E-state index in [0.717, 1.165) is 6.29 Å². The van der Waals surface area contributed by atoms with E-state index < -0.39 is 5.76 Å². The molecule has 0 aliphatic heterocycles. The van der Waals surface area contributed by atoms with Gasteiger partial charge in [-0.25, -0.2) is 9.36 Å². The van der Waals surface area contributed by atoms with Gasteiger partial charge in [-0.1, -0.05) is 11.6 Å². The van der Waals surface area contributed by atoms with E-state index in [9.17, 15) is 9.59 Å². The van der Waals surface area contributed by atoms with Crippen molar-refractivity contribution in [1.29, 1.82) is 0 Å². The molecule has 0 atom stereocenters. The maximum Gasteiger partial charge on any atom is 0.424 e. The molecular formula is C15H10ClNO3. The van der Waals surface area contributed by atoms with Crippen LogP contribution in [-0.4, -0.2) is 10.9 Å². The summed E-state index contributed by atoms with van der Waals surface area (Å²) in [5.41, 5.74) is 2.88. The molecule has 3 aromatic rings. The van der Waals surface area contributed by atoms with E-state index in [1.54, 1.807) is 43.3 Å². The van der Waals surface area contributed by atoms with Crippen LogP contribution in [0.5, 0.6) is 0 Å². The number of aldehydes is 1. The summed E-state index contributed by atoms with van der Waals surface area (Å²) in [4.78, 5) is 23.0. The fourth-order valence-electron chi connectivity index (χ4n) is 2.19. The number of oxazole rings is 1. The Hall–Kier alpha value is -2.33. The van der Waals surface area contributed by atoms with Gasteiger partial charge in [-0.2, -0.15) is 0 Å². The summed E-state index contributed by atoms with van der Waals surface area (Å²) < 4.78 is 6.72. The van der Waals surface area contributed by atoms with Crippen LogP contribution in [0.2, 0.25) is 5.02 Å². The van der Waals surface area contributed by atoms with Crippen LogP contribution in [0.3, 0.4) is 0 Å². The second kappa shape index (κ2) is 4.65. The molecule has 0 aliphatic rings. The lowest BCUT2D eigenvalue weighted by Crippen LogP contribution is -2.11. The average molecular weight is 288 g/mol. The minimum absolute atomic E-state index is 0.426. The number of aromatic nitrogens is 1. The van der Waals surface area contributed by atoms with Gasteiger partial charge in [0.2, 0.25) is 0 Å². The van der Waals surface area contributed by atoms with Gasteiger partial charge in [-0.3, -0.25) is 4.79 Å². The van der Waals surface area contributed by atoms with Crippen LogP contribution >= 0.6 is 11.6 Å². The van der Waals surface area contributed by atoms with Gasteiger partial charge >= 0.3 is 5.76 Å². The average Bonchev–Trinajstić information content (AvgIpc) is 2.78. The first-order chi connectivity index (χ1) is 9.61. The van der Waals surface area contributed by atoms with Crippen LogP contribution < -0.4 is 5.76 Å². The monoisotopic (exact) mass is 287 g/mol. The Balaban J connectivity index is 2.34. The number of nitrogens with zero attached hydrogens (tertiary/aromatic N) is 1. The fourth-order valence-corrected chi connectivity index (χ4v) is 2.32. The molecular weight excluding hydrogens is 278 g/mol. The van der Waals surface area contributed by atoms with E-state index >= 15 is 0 Å². The van der Waals surface area contributed by atoms with Gasteiger partial charge in [0, 0.05) is 16.1 Å². The summed E-state index contributed by atoms with van der Waals surface area (Å²) in [6.07, 6.45) is 0.744. The minimum atomic E-state index is -0.492. The summed E-state index contributed by atoms with van der Waals surface area (Å²) >= 11 is 5.85. The highest BCUT2D eigenvalue weighted by atomic mass is 35.5. The number of hydrogen-bond donors (Lipinski definition) is 0. The number of benzene rings is 2. The fraction of sp³-hybridized carbons (Fsp3) is 0.0667. The Morgan fingerprint density at radius 3 is 2.50 bits per heavy atom. The van der Waals surface area contributed by atoms with Crippen molar-refractivity contribution in [2.45, 2.75) is 6.92 Å².